The van der Waals surface area contributed by atoms with Crippen LogP contribution in [0.15, 0.2) is 33.3 Å². The van der Waals surface area contributed by atoms with Crippen molar-refractivity contribution < 1.29 is 4.74 Å². The summed E-state index contributed by atoms with van der Waals surface area (Å²) >= 11 is 1.69. The quantitative estimate of drug-likeness (QED) is 0.610. The van der Waals surface area contributed by atoms with Crippen LogP contribution in [-0.4, -0.2) is 24.5 Å². The molecule has 3 nitrogen and oxygen atoms in total. The van der Waals surface area contributed by atoms with Gasteiger partial charge in [-0.15, -0.1) is 11.8 Å². The Morgan fingerprint density at radius 1 is 1.67 bits per heavy atom. The van der Waals surface area contributed by atoms with E-state index in [1.165, 1.54) is 4.91 Å². The summed E-state index contributed by atoms with van der Waals surface area (Å²) in [6.07, 6.45) is 9.75. The molecule has 0 bridgehead atoms. The first-order valence-electron chi connectivity index (χ1n) is 3.57. The number of allylic oxidation sites excluding steroid dienone is 1. The molecule has 2 aliphatic rings. The van der Waals surface area contributed by atoms with E-state index in [-0.39, 0.29) is 6.04 Å². The second-order valence-corrected chi connectivity index (χ2v) is 3.30. The molecule has 1 unspecified atom stereocenters. The van der Waals surface area contributed by atoms with Crippen molar-refractivity contribution in [1.82, 2.24) is 0 Å². The molecule has 1 radical (unpaired) electrons. The average Bonchev–Trinajstić information content (AvgIpc) is 2.21. The molecule has 0 fully saturated rings. The van der Waals surface area contributed by atoms with Gasteiger partial charge in [-0.05, 0) is 12.2 Å². The predicted octanol–water partition coefficient (Wildman–Crippen LogP) is 1.46. The van der Waals surface area contributed by atoms with Crippen molar-refractivity contribution in [3.05, 3.63) is 23.3 Å². The smallest absolute Gasteiger partial charge is 0.279 e. The van der Waals surface area contributed by atoms with Crippen LogP contribution in [0.5, 0.6) is 0 Å². The standard InChI is InChI=1S/C8H7N2OS/c1-3-9-6-12-8(1)7-2-4-11-5-10-7/h1-4,7H,6H2. The lowest BCUT2D eigenvalue weighted by Crippen LogP contribution is -2.08. The van der Waals surface area contributed by atoms with Crippen molar-refractivity contribution in [3.8, 4) is 0 Å². The zero-order valence-corrected chi connectivity index (χ0v) is 7.12. The molecule has 1 atom stereocenters. The first-order chi connectivity index (χ1) is 5.97. The van der Waals surface area contributed by atoms with Gasteiger partial charge in [0.2, 0.25) is 0 Å². The van der Waals surface area contributed by atoms with Gasteiger partial charge in [-0.2, -0.15) is 0 Å². The minimum absolute atomic E-state index is 0.0792. The van der Waals surface area contributed by atoms with E-state index < -0.39 is 0 Å². The van der Waals surface area contributed by atoms with Crippen molar-refractivity contribution >= 4 is 24.4 Å². The molecular weight excluding hydrogens is 172 g/mol. The number of ether oxygens (including phenoxy) is 1. The van der Waals surface area contributed by atoms with E-state index in [1.807, 2.05) is 18.4 Å². The second-order valence-electron chi connectivity index (χ2n) is 2.29. The molecule has 0 aromatic rings. The molecule has 4 heteroatoms. The molecule has 0 aliphatic carbocycles. The zero-order chi connectivity index (χ0) is 8.23. The molecule has 12 heavy (non-hydrogen) atoms. The number of rotatable bonds is 1. The maximum Gasteiger partial charge on any atom is 0.279 e. The van der Waals surface area contributed by atoms with Crippen LogP contribution in [0.3, 0.4) is 0 Å². The summed E-state index contributed by atoms with van der Waals surface area (Å²) in [5, 5.41) is 0. The Morgan fingerprint density at radius 2 is 2.67 bits per heavy atom. The lowest BCUT2D eigenvalue weighted by Gasteiger charge is -2.14. The van der Waals surface area contributed by atoms with E-state index in [9.17, 15) is 0 Å². The Morgan fingerprint density at radius 3 is 3.33 bits per heavy atom. The van der Waals surface area contributed by atoms with Gasteiger partial charge in [0, 0.05) is 11.1 Å². The van der Waals surface area contributed by atoms with Crippen LogP contribution in [0.2, 0.25) is 0 Å². The van der Waals surface area contributed by atoms with Crippen LogP contribution in [0.1, 0.15) is 0 Å². The molecule has 0 spiro atoms. The van der Waals surface area contributed by atoms with Crippen molar-refractivity contribution in [3.63, 3.8) is 0 Å². The van der Waals surface area contributed by atoms with E-state index in [4.69, 9.17) is 4.74 Å². The van der Waals surface area contributed by atoms with Crippen molar-refractivity contribution in [2.75, 3.05) is 5.88 Å². The summed E-state index contributed by atoms with van der Waals surface area (Å²) in [4.78, 5) is 9.30. The highest BCUT2D eigenvalue weighted by atomic mass is 32.2. The molecule has 0 amide bonds. The van der Waals surface area contributed by atoms with Gasteiger partial charge >= 0.3 is 0 Å². The molecule has 0 saturated carbocycles. The normalized spacial score (nSPS) is 26.7. The van der Waals surface area contributed by atoms with Gasteiger partial charge in [0.15, 0.2) is 0 Å². The average molecular weight is 179 g/mol. The lowest BCUT2D eigenvalue weighted by molar-refractivity contribution is 0.476. The topological polar surface area (TPSA) is 34.0 Å². The highest BCUT2D eigenvalue weighted by Crippen LogP contribution is 2.25. The van der Waals surface area contributed by atoms with E-state index >= 15 is 0 Å². The molecule has 2 heterocycles. The third-order valence-corrected chi connectivity index (χ3v) is 2.50. The SMILES string of the molecule is [C]1=NC(C2=CC=NCS2)C=CO1. The molecule has 0 aromatic heterocycles. The Kier molecular flexibility index (Phi) is 2.27. The summed E-state index contributed by atoms with van der Waals surface area (Å²) < 4.78 is 4.72. The van der Waals surface area contributed by atoms with Gasteiger partial charge in [0.25, 0.3) is 6.40 Å². The number of thioether (sulfide) groups is 1. The van der Waals surface area contributed by atoms with E-state index in [1.54, 1.807) is 18.0 Å². The zero-order valence-electron chi connectivity index (χ0n) is 6.30. The van der Waals surface area contributed by atoms with Crippen LogP contribution in [0.4, 0.5) is 0 Å². The van der Waals surface area contributed by atoms with Crippen LogP contribution in [0, 0.1) is 0 Å². The van der Waals surface area contributed by atoms with Crippen LogP contribution in [0.25, 0.3) is 0 Å². The Hall–Kier alpha value is -1.03. The van der Waals surface area contributed by atoms with Gasteiger partial charge in [-0.3, -0.25) is 4.99 Å². The van der Waals surface area contributed by atoms with Gasteiger partial charge < -0.3 is 4.74 Å². The van der Waals surface area contributed by atoms with Crippen molar-refractivity contribution in [2.24, 2.45) is 9.98 Å². The summed E-state index contributed by atoms with van der Waals surface area (Å²) in [6, 6.07) is 0.0792. The molecule has 2 rings (SSSR count). The highest BCUT2D eigenvalue weighted by molar-refractivity contribution is 8.03. The number of hydrogen-bond acceptors (Lipinski definition) is 4. The van der Waals surface area contributed by atoms with Crippen LogP contribution >= 0.6 is 11.8 Å². The van der Waals surface area contributed by atoms with Gasteiger partial charge in [0.05, 0.1) is 12.1 Å². The van der Waals surface area contributed by atoms with Gasteiger partial charge in [-0.1, -0.05) is 0 Å². The summed E-state index contributed by atoms with van der Waals surface area (Å²) in [5.41, 5.74) is 0. The van der Waals surface area contributed by atoms with E-state index in [0.29, 0.717) is 0 Å². The monoisotopic (exact) mass is 179 g/mol. The third kappa shape index (κ3) is 1.58. The third-order valence-electron chi connectivity index (χ3n) is 1.51. The van der Waals surface area contributed by atoms with Crippen molar-refractivity contribution in [2.45, 2.75) is 6.04 Å². The first kappa shape index (κ1) is 7.61. The Balaban J connectivity index is 2.12. The molecule has 0 N–H and O–H groups in total. The minimum atomic E-state index is 0.0792. The maximum atomic E-state index is 4.72. The first-order valence-corrected chi connectivity index (χ1v) is 4.55. The maximum absolute atomic E-state index is 4.72. The molecule has 0 saturated heterocycles. The Labute approximate surface area is 74.9 Å². The lowest BCUT2D eigenvalue weighted by atomic mass is 10.2. The number of hydrogen-bond donors (Lipinski definition) is 0. The highest BCUT2D eigenvalue weighted by Gasteiger charge is 2.13. The fourth-order valence-corrected chi connectivity index (χ4v) is 1.71. The number of nitrogens with zero attached hydrogens (tertiary/aromatic N) is 2. The minimum Gasteiger partial charge on any atom is -0.443 e. The van der Waals surface area contributed by atoms with E-state index in [0.717, 1.165) is 5.88 Å². The predicted molar refractivity (Wildman–Crippen MR) is 50.5 cm³/mol. The fraction of sp³-hybridized carbons (Fsp3) is 0.250. The van der Waals surface area contributed by atoms with Gasteiger partial charge in [0.1, 0.15) is 6.04 Å². The van der Waals surface area contributed by atoms with E-state index in [2.05, 4.69) is 16.4 Å². The van der Waals surface area contributed by atoms with Crippen LogP contribution in [-0.2, 0) is 4.74 Å². The summed E-state index contributed by atoms with van der Waals surface area (Å²) in [6.45, 7) is 0. The molecule has 0 aromatic carbocycles. The molecular formula is C8H7N2OS. The number of aliphatic imine (C=N–C) groups is 2. The molecule has 2 aliphatic heterocycles. The molecule has 61 valence electrons. The second kappa shape index (κ2) is 3.58. The fourth-order valence-electron chi connectivity index (χ4n) is 0.946. The van der Waals surface area contributed by atoms with Crippen LogP contribution < -0.4 is 0 Å². The summed E-state index contributed by atoms with van der Waals surface area (Å²) in [7, 11) is 0. The largest absolute Gasteiger partial charge is 0.443 e. The van der Waals surface area contributed by atoms with Gasteiger partial charge in [-0.25, -0.2) is 4.99 Å². The van der Waals surface area contributed by atoms with Crippen molar-refractivity contribution in [1.29, 1.82) is 0 Å². The summed E-state index contributed by atoms with van der Waals surface area (Å²) in [5.74, 6) is 0.784. The Bertz CT molecular complexity index is 269.